The van der Waals surface area contributed by atoms with Gasteiger partial charge in [-0.2, -0.15) is 0 Å². The highest BCUT2D eigenvalue weighted by atomic mass is 19.1. The van der Waals surface area contributed by atoms with Crippen LogP contribution >= 0.6 is 0 Å². The molecule has 1 aliphatic carbocycles. The summed E-state index contributed by atoms with van der Waals surface area (Å²) < 4.78 is 21.2. The van der Waals surface area contributed by atoms with Crippen molar-refractivity contribution < 1.29 is 13.9 Å². The lowest BCUT2D eigenvalue weighted by atomic mass is 9.82. The number of hydrogen-bond donors (Lipinski definition) is 0. The standard InChI is InChI=1S/C18H20FN3O2/c19-14-8-13(9-14)18(23)22-10-15-4-3-7-21(15)11-16(12-22)24-17-5-1-2-6-20-17/h1-7,13-14,16H,8-12H2. The Hall–Kier alpha value is -2.37. The van der Waals surface area contributed by atoms with E-state index in [-0.39, 0.29) is 17.9 Å². The van der Waals surface area contributed by atoms with E-state index in [0.717, 1.165) is 5.69 Å². The molecule has 5 nitrogen and oxygen atoms in total. The summed E-state index contributed by atoms with van der Waals surface area (Å²) in [6.07, 6.45) is 3.38. The first-order chi connectivity index (χ1) is 11.7. The molecule has 24 heavy (non-hydrogen) atoms. The predicted octanol–water partition coefficient (Wildman–Crippen LogP) is 2.42. The molecule has 3 heterocycles. The zero-order valence-corrected chi connectivity index (χ0v) is 13.3. The van der Waals surface area contributed by atoms with Crippen molar-refractivity contribution in [3.8, 4) is 5.88 Å². The number of ether oxygens (including phenoxy) is 1. The Morgan fingerprint density at radius 2 is 2.08 bits per heavy atom. The third-order valence-electron chi connectivity index (χ3n) is 4.77. The second kappa shape index (κ2) is 6.26. The topological polar surface area (TPSA) is 47.4 Å². The van der Waals surface area contributed by atoms with Gasteiger partial charge in [0.1, 0.15) is 12.3 Å². The fourth-order valence-electron chi connectivity index (χ4n) is 3.39. The van der Waals surface area contributed by atoms with Crippen LogP contribution in [-0.2, 0) is 17.9 Å². The fraction of sp³-hybridized carbons (Fsp3) is 0.444. The Morgan fingerprint density at radius 3 is 2.83 bits per heavy atom. The number of nitrogens with zero attached hydrogens (tertiary/aromatic N) is 3. The molecule has 0 spiro atoms. The molecule has 0 saturated heterocycles. The van der Waals surface area contributed by atoms with Gasteiger partial charge in [0.2, 0.25) is 11.8 Å². The first-order valence-electron chi connectivity index (χ1n) is 8.33. The fourth-order valence-corrected chi connectivity index (χ4v) is 3.39. The minimum atomic E-state index is -0.824. The molecular weight excluding hydrogens is 309 g/mol. The van der Waals surface area contributed by atoms with Gasteiger partial charge in [0.05, 0.1) is 19.6 Å². The second-order valence-electron chi connectivity index (χ2n) is 6.54. The largest absolute Gasteiger partial charge is 0.471 e. The third kappa shape index (κ3) is 3.00. The highest BCUT2D eigenvalue weighted by Crippen LogP contribution is 2.32. The lowest BCUT2D eigenvalue weighted by Gasteiger charge is -2.34. The maximum atomic E-state index is 13.1. The Morgan fingerprint density at radius 1 is 1.21 bits per heavy atom. The molecule has 1 amide bonds. The number of amides is 1. The number of hydrogen-bond acceptors (Lipinski definition) is 3. The third-order valence-corrected chi connectivity index (χ3v) is 4.77. The van der Waals surface area contributed by atoms with Crippen molar-refractivity contribution in [2.75, 3.05) is 6.54 Å². The van der Waals surface area contributed by atoms with Crippen LogP contribution in [0.4, 0.5) is 4.39 Å². The van der Waals surface area contributed by atoms with Crippen LogP contribution in [0.15, 0.2) is 42.7 Å². The molecule has 2 aromatic rings. The summed E-state index contributed by atoms with van der Waals surface area (Å²) in [6, 6.07) is 9.51. The molecular formula is C18H20FN3O2. The Balaban J connectivity index is 1.53. The van der Waals surface area contributed by atoms with Crippen molar-refractivity contribution in [3.63, 3.8) is 0 Å². The number of aromatic nitrogens is 2. The van der Waals surface area contributed by atoms with Crippen LogP contribution in [0.5, 0.6) is 5.88 Å². The number of pyridine rings is 1. The van der Waals surface area contributed by atoms with Crippen molar-refractivity contribution >= 4 is 5.91 Å². The SMILES string of the molecule is O=C(C1CC(F)C1)N1Cc2cccn2CC(Oc2ccccn2)C1. The molecule has 0 radical (unpaired) electrons. The number of carbonyl (C=O) groups excluding carboxylic acids is 1. The number of halogens is 1. The van der Waals surface area contributed by atoms with E-state index in [1.54, 1.807) is 6.20 Å². The Bertz CT molecular complexity index is 712. The van der Waals surface area contributed by atoms with Crippen LogP contribution in [0.1, 0.15) is 18.5 Å². The van der Waals surface area contributed by atoms with E-state index < -0.39 is 6.17 Å². The van der Waals surface area contributed by atoms with E-state index in [0.29, 0.717) is 38.4 Å². The van der Waals surface area contributed by atoms with Crippen LogP contribution in [0.2, 0.25) is 0 Å². The summed E-state index contributed by atoms with van der Waals surface area (Å²) in [6.45, 7) is 1.70. The lowest BCUT2D eigenvalue weighted by molar-refractivity contribution is -0.142. The zero-order chi connectivity index (χ0) is 16.5. The summed E-state index contributed by atoms with van der Waals surface area (Å²) >= 11 is 0. The maximum absolute atomic E-state index is 13.1. The van der Waals surface area contributed by atoms with Gasteiger partial charge in [-0.1, -0.05) is 6.07 Å². The molecule has 6 heteroatoms. The molecule has 126 valence electrons. The maximum Gasteiger partial charge on any atom is 0.226 e. The van der Waals surface area contributed by atoms with Crippen LogP contribution in [0.3, 0.4) is 0 Å². The average molecular weight is 329 g/mol. The number of fused-ring (bicyclic) bond motifs is 1. The van der Waals surface area contributed by atoms with Crippen molar-refractivity contribution in [2.24, 2.45) is 5.92 Å². The van der Waals surface area contributed by atoms with E-state index in [4.69, 9.17) is 4.74 Å². The van der Waals surface area contributed by atoms with Crippen molar-refractivity contribution in [2.45, 2.75) is 38.2 Å². The second-order valence-corrected chi connectivity index (χ2v) is 6.54. The van der Waals surface area contributed by atoms with Gasteiger partial charge in [-0.15, -0.1) is 0 Å². The van der Waals surface area contributed by atoms with Gasteiger partial charge >= 0.3 is 0 Å². The molecule has 1 atom stereocenters. The van der Waals surface area contributed by atoms with Gasteiger partial charge in [-0.05, 0) is 31.0 Å². The van der Waals surface area contributed by atoms with E-state index in [9.17, 15) is 9.18 Å². The summed E-state index contributed by atoms with van der Waals surface area (Å²) in [5.41, 5.74) is 1.08. The first kappa shape index (κ1) is 15.2. The van der Waals surface area contributed by atoms with Gasteiger partial charge in [-0.25, -0.2) is 9.37 Å². The van der Waals surface area contributed by atoms with Crippen LogP contribution in [-0.4, -0.2) is 39.2 Å². The molecule has 4 rings (SSSR count). The van der Waals surface area contributed by atoms with E-state index in [1.165, 1.54) is 0 Å². The molecule has 1 saturated carbocycles. The molecule has 2 aromatic heterocycles. The monoisotopic (exact) mass is 329 g/mol. The molecule has 0 aromatic carbocycles. The van der Waals surface area contributed by atoms with Gasteiger partial charge in [-0.3, -0.25) is 4.79 Å². The van der Waals surface area contributed by atoms with E-state index in [2.05, 4.69) is 9.55 Å². The molecule has 1 fully saturated rings. The number of carbonyl (C=O) groups is 1. The summed E-state index contributed by atoms with van der Waals surface area (Å²) in [5, 5.41) is 0. The van der Waals surface area contributed by atoms with Gasteiger partial charge in [0, 0.05) is 30.1 Å². The normalized spacial score (nSPS) is 26.2. The minimum Gasteiger partial charge on any atom is -0.471 e. The molecule has 2 aliphatic rings. The van der Waals surface area contributed by atoms with E-state index in [1.807, 2.05) is 41.4 Å². The van der Waals surface area contributed by atoms with Gasteiger partial charge in [0.25, 0.3) is 0 Å². The highest BCUT2D eigenvalue weighted by Gasteiger charge is 2.38. The lowest BCUT2D eigenvalue weighted by Crippen LogP contribution is -2.45. The summed E-state index contributed by atoms with van der Waals surface area (Å²) in [5.74, 6) is 0.406. The molecule has 1 aliphatic heterocycles. The Kier molecular flexibility index (Phi) is 3.96. The summed E-state index contributed by atoms with van der Waals surface area (Å²) in [4.78, 5) is 18.7. The van der Waals surface area contributed by atoms with Crippen molar-refractivity contribution in [1.82, 2.24) is 14.5 Å². The average Bonchev–Trinajstić information content (AvgIpc) is 2.91. The number of alkyl halides is 1. The predicted molar refractivity (Wildman–Crippen MR) is 86.1 cm³/mol. The van der Waals surface area contributed by atoms with Crippen LogP contribution in [0, 0.1) is 5.92 Å². The quantitative estimate of drug-likeness (QED) is 0.869. The van der Waals surface area contributed by atoms with Crippen LogP contribution < -0.4 is 4.74 Å². The van der Waals surface area contributed by atoms with E-state index >= 15 is 0 Å². The zero-order valence-electron chi connectivity index (χ0n) is 13.3. The molecule has 1 unspecified atom stereocenters. The van der Waals surface area contributed by atoms with Crippen LogP contribution in [0.25, 0.3) is 0 Å². The van der Waals surface area contributed by atoms with Crippen molar-refractivity contribution in [1.29, 1.82) is 0 Å². The highest BCUT2D eigenvalue weighted by molar-refractivity contribution is 5.80. The molecule has 0 bridgehead atoms. The Labute approximate surface area is 140 Å². The molecule has 0 N–H and O–H groups in total. The summed E-state index contributed by atoms with van der Waals surface area (Å²) in [7, 11) is 0. The smallest absolute Gasteiger partial charge is 0.226 e. The number of rotatable bonds is 3. The van der Waals surface area contributed by atoms with Crippen molar-refractivity contribution in [3.05, 3.63) is 48.4 Å². The minimum absolute atomic E-state index is 0.0353. The van der Waals surface area contributed by atoms with Gasteiger partial charge < -0.3 is 14.2 Å². The van der Waals surface area contributed by atoms with Gasteiger partial charge in [0.15, 0.2) is 0 Å². The first-order valence-corrected chi connectivity index (χ1v) is 8.33.